The van der Waals surface area contributed by atoms with Crippen LogP contribution in [0.25, 0.3) is 11.3 Å². The lowest BCUT2D eigenvalue weighted by molar-refractivity contribution is -0.129. The molecule has 2 rings (SSSR count). The fraction of sp³-hybridized carbons (Fsp3) is 0.368. The zero-order valence-electron chi connectivity index (χ0n) is 15.2. The van der Waals surface area contributed by atoms with Gasteiger partial charge in [0.25, 0.3) is 0 Å². The van der Waals surface area contributed by atoms with Crippen molar-refractivity contribution in [2.45, 2.75) is 26.4 Å². The number of halogens is 1. The molecule has 6 nitrogen and oxygen atoms in total. The number of furan rings is 1. The predicted octanol–water partition coefficient (Wildman–Crippen LogP) is 2.78. The Balaban J connectivity index is 1.86. The summed E-state index contributed by atoms with van der Waals surface area (Å²) in [5.41, 5.74) is 0.996. The second-order valence-corrected chi connectivity index (χ2v) is 7.04. The molecule has 0 radical (unpaired) electrons. The summed E-state index contributed by atoms with van der Waals surface area (Å²) < 4.78 is 6.87. The van der Waals surface area contributed by atoms with Crippen LogP contribution in [0.15, 0.2) is 45.3 Å². The highest BCUT2D eigenvalue weighted by atomic mass is 79.9. The largest absolute Gasteiger partial charge is 0.460 e. The minimum absolute atomic E-state index is 0.179. The number of nitrogens with one attached hydrogen (secondary N) is 2. The minimum atomic E-state index is -0.552. The molecule has 2 amide bonds. The number of carbonyl (C=O) groups excluding carboxylic acids is 2. The number of nitrogens with zero attached hydrogens (tertiary/aromatic N) is 1. The van der Waals surface area contributed by atoms with Crippen LogP contribution in [-0.4, -0.2) is 42.9 Å². The molecular formula is C19H24BrN3O3. The first-order valence-corrected chi connectivity index (χ1v) is 9.28. The van der Waals surface area contributed by atoms with Crippen LogP contribution in [0.1, 0.15) is 19.6 Å². The molecule has 2 aromatic rings. The smallest absolute Gasteiger partial charge is 0.242 e. The van der Waals surface area contributed by atoms with E-state index in [1.165, 1.54) is 0 Å². The second-order valence-electron chi connectivity index (χ2n) is 6.13. The highest BCUT2D eigenvalue weighted by molar-refractivity contribution is 9.10. The van der Waals surface area contributed by atoms with Crippen molar-refractivity contribution >= 4 is 27.7 Å². The molecular weight excluding hydrogens is 398 g/mol. The number of benzene rings is 1. The van der Waals surface area contributed by atoms with Crippen LogP contribution in [0.2, 0.25) is 0 Å². The first-order chi connectivity index (χ1) is 12.4. The summed E-state index contributed by atoms with van der Waals surface area (Å²) >= 11 is 3.41. The van der Waals surface area contributed by atoms with Gasteiger partial charge in [0.2, 0.25) is 11.8 Å². The molecule has 1 atom stereocenters. The van der Waals surface area contributed by atoms with E-state index in [-0.39, 0.29) is 18.4 Å². The van der Waals surface area contributed by atoms with Gasteiger partial charge in [-0.05, 0) is 45.2 Å². The van der Waals surface area contributed by atoms with E-state index in [4.69, 9.17) is 4.42 Å². The molecule has 140 valence electrons. The summed E-state index contributed by atoms with van der Waals surface area (Å²) in [5, 5.41) is 5.37. The fourth-order valence-corrected chi connectivity index (χ4v) is 2.74. The van der Waals surface area contributed by atoms with Crippen molar-refractivity contribution in [1.29, 1.82) is 0 Å². The van der Waals surface area contributed by atoms with Crippen molar-refractivity contribution in [3.8, 4) is 11.3 Å². The highest BCUT2D eigenvalue weighted by Crippen LogP contribution is 2.24. The molecule has 26 heavy (non-hydrogen) atoms. The number of hydrogen-bond donors (Lipinski definition) is 2. The Morgan fingerprint density at radius 1 is 1.19 bits per heavy atom. The normalized spacial score (nSPS) is 12.0. The maximum atomic E-state index is 12.1. The van der Waals surface area contributed by atoms with E-state index in [9.17, 15) is 9.59 Å². The number of likely N-dealkylation sites (N-methyl/N-ethyl adjacent to an activating group) is 2. The first kappa shape index (κ1) is 20.2. The number of hydrogen-bond acceptors (Lipinski definition) is 4. The molecule has 1 heterocycles. The summed E-state index contributed by atoms with van der Waals surface area (Å²) in [7, 11) is 1.83. The SMILES string of the molecule is CCNC(=O)[C@@H](C)NC(=O)CN(C)Cc1ccc(-c2ccc(Br)cc2)o1. The van der Waals surface area contributed by atoms with Crippen LogP contribution in [0.4, 0.5) is 0 Å². The van der Waals surface area contributed by atoms with Gasteiger partial charge in [-0.2, -0.15) is 0 Å². The lowest BCUT2D eigenvalue weighted by Crippen LogP contribution is -2.47. The van der Waals surface area contributed by atoms with Gasteiger partial charge in [0.1, 0.15) is 17.6 Å². The molecule has 0 saturated heterocycles. The number of rotatable bonds is 8. The maximum Gasteiger partial charge on any atom is 0.242 e. The Bertz CT molecular complexity index is 743. The van der Waals surface area contributed by atoms with Gasteiger partial charge >= 0.3 is 0 Å². The standard InChI is InChI=1S/C19H24BrN3O3/c1-4-21-19(25)13(2)22-18(24)12-23(3)11-16-9-10-17(26-16)14-5-7-15(20)8-6-14/h5-10,13H,4,11-12H2,1-3H3,(H,21,25)(H,22,24)/t13-/m1/s1. The van der Waals surface area contributed by atoms with Crippen LogP contribution in [0.3, 0.4) is 0 Å². The zero-order chi connectivity index (χ0) is 19.1. The quantitative estimate of drug-likeness (QED) is 0.686. The molecule has 0 spiro atoms. The first-order valence-electron chi connectivity index (χ1n) is 8.49. The minimum Gasteiger partial charge on any atom is -0.460 e. The Morgan fingerprint density at radius 2 is 1.88 bits per heavy atom. The van der Waals surface area contributed by atoms with Gasteiger partial charge in [-0.25, -0.2) is 0 Å². The van der Waals surface area contributed by atoms with Crippen molar-refractivity contribution in [1.82, 2.24) is 15.5 Å². The molecule has 0 bridgehead atoms. The highest BCUT2D eigenvalue weighted by Gasteiger charge is 2.16. The maximum absolute atomic E-state index is 12.1. The molecule has 0 aliphatic heterocycles. The van der Waals surface area contributed by atoms with E-state index in [0.717, 1.165) is 21.6 Å². The van der Waals surface area contributed by atoms with E-state index < -0.39 is 6.04 Å². The van der Waals surface area contributed by atoms with Crippen LogP contribution in [0.5, 0.6) is 0 Å². The topological polar surface area (TPSA) is 74.6 Å². The monoisotopic (exact) mass is 421 g/mol. The summed E-state index contributed by atoms with van der Waals surface area (Å²) in [6.07, 6.45) is 0. The molecule has 2 N–H and O–H groups in total. The summed E-state index contributed by atoms with van der Waals surface area (Å²) in [5.74, 6) is 1.17. The Hall–Kier alpha value is -2.12. The van der Waals surface area contributed by atoms with Gasteiger partial charge in [0.05, 0.1) is 13.1 Å². The van der Waals surface area contributed by atoms with E-state index in [2.05, 4.69) is 26.6 Å². The van der Waals surface area contributed by atoms with Crippen LogP contribution < -0.4 is 10.6 Å². The molecule has 0 aliphatic rings. The number of amides is 2. The fourth-order valence-electron chi connectivity index (χ4n) is 2.48. The van der Waals surface area contributed by atoms with Gasteiger partial charge in [-0.1, -0.05) is 28.1 Å². The molecule has 7 heteroatoms. The van der Waals surface area contributed by atoms with E-state index in [0.29, 0.717) is 13.1 Å². The van der Waals surface area contributed by atoms with Gasteiger partial charge in [0, 0.05) is 16.6 Å². The summed E-state index contributed by atoms with van der Waals surface area (Å²) in [6, 6.07) is 11.2. The van der Waals surface area contributed by atoms with Crippen LogP contribution in [0, 0.1) is 0 Å². The third-order valence-electron chi connectivity index (χ3n) is 3.75. The van der Waals surface area contributed by atoms with Crippen molar-refractivity contribution in [2.24, 2.45) is 0 Å². The third-order valence-corrected chi connectivity index (χ3v) is 4.28. The van der Waals surface area contributed by atoms with Crippen molar-refractivity contribution in [3.63, 3.8) is 0 Å². The predicted molar refractivity (Wildman–Crippen MR) is 104 cm³/mol. The van der Waals surface area contributed by atoms with Gasteiger partial charge in [-0.3, -0.25) is 14.5 Å². The lowest BCUT2D eigenvalue weighted by Gasteiger charge is -2.17. The van der Waals surface area contributed by atoms with Gasteiger partial charge in [-0.15, -0.1) is 0 Å². The molecule has 0 saturated carbocycles. The summed E-state index contributed by atoms with van der Waals surface area (Å²) in [6.45, 7) is 4.72. The molecule has 1 aromatic carbocycles. The van der Waals surface area contributed by atoms with Gasteiger partial charge < -0.3 is 15.1 Å². The van der Waals surface area contributed by atoms with Crippen LogP contribution in [-0.2, 0) is 16.1 Å². The Morgan fingerprint density at radius 3 is 2.54 bits per heavy atom. The molecule has 1 aromatic heterocycles. The Labute approximate surface area is 162 Å². The second kappa shape index (κ2) is 9.54. The van der Waals surface area contributed by atoms with E-state index in [1.807, 2.05) is 55.3 Å². The van der Waals surface area contributed by atoms with E-state index >= 15 is 0 Å². The molecule has 0 aliphatic carbocycles. The zero-order valence-corrected chi connectivity index (χ0v) is 16.8. The molecule has 0 unspecified atom stereocenters. The summed E-state index contributed by atoms with van der Waals surface area (Å²) in [4.78, 5) is 25.5. The van der Waals surface area contributed by atoms with Crippen molar-refractivity contribution in [2.75, 3.05) is 20.1 Å². The van der Waals surface area contributed by atoms with Gasteiger partial charge in [0.15, 0.2) is 0 Å². The lowest BCUT2D eigenvalue weighted by atomic mass is 10.2. The average molecular weight is 422 g/mol. The molecule has 0 fully saturated rings. The van der Waals surface area contributed by atoms with E-state index in [1.54, 1.807) is 6.92 Å². The number of carbonyl (C=O) groups is 2. The van der Waals surface area contributed by atoms with Crippen molar-refractivity contribution in [3.05, 3.63) is 46.6 Å². The Kier molecular flexibility index (Phi) is 7.41. The average Bonchev–Trinajstić information content (AvgIpc) is 3.03. The van der Waals surface area contributed by atoms with Crippen LogP contribution >= 0.6 is 15.9 Å². The third kappa shape index (κ3) is 6.00. The van der Waals surface area contributed by atoms with Crippen molar-refractivity contribution < 1.29 is 14.0 Å².